The average Bonchev–Trinajstić information content (AvgIpc) is 2.98. The van der Waals surface area contributed by atoms with Crippen LogP contribution in [0, 0.1) is 0 Å². The molecule has 2 aromatic rings. The highest BCUT2D eigenvalue weighted by Crippen LogP contribution is 2.23. The quantitative estimate of drug-likeness (QED) is 0.900. The third kappa shape index (κ3) is 2.59. The lowest BCUT2D eigenvalue weighted by Gasteiger charge is -2.20. The number of morpholine rings is 1. The summed E-state index contributed by atoms with van der Waals surface area (Å²) in [7, 11) is 1.63. The zero-order valence-corrected chi connectivity index (χ0v) is 10.6. The second-order valence-electron chi connectivity index (χ2n) is 4.25. The van der Waals surface area contributed by atoms with Crippen LogP contribution in [0.2, 0.25) is 0 Å². The molecule has 0 spiro atoms. The van der Waals surface area contributed by atoms with Crippen LogP contribution in [0.1, 0.15) is 11.9 Å². The fraction of sp³-hybridized carbons (Fsp3) is 0.385. The molecule has 1 fully saturated rings. The monoisotopic (exact) mass is 261 g/mol. The Morgan fingerprint density at radius 1 is 1.32 bits per heavy atom. The molecule has 0 amide bonds. The summed E-state index contributed by atoms with van der Waals surface area (Å²) in [6.45, 7) is 2.23. The fourth-order valence-electron chi connectivity index (χ4n) is 1.95. The van der Waals surface area contributed by atoms with Crippen molar-refractivity contribution in [1.82, 2.24) is 15.5 Å². The Bertz CT molecular complexity index is 532. The number of ether oxygens (including phenoxy) is 2. The molecular formula is C13H15N3O3. The number of nitrogens with one attached hydrogen (secondary N) is 1. The molecule has 1 N–H and O–H groups in total. The minimum Gasteiger partial charge on any atom is -0.497 e. The van der Waals surface area contributed by atoms with Crippen LogP contribution in [-0.4, -0.2) is 36.9 Å². The van der Waals surface area contributed by atoms with Gasteiger partial charge < -0.3 is 19.3 Å². The first-order valence-corrected chi connectivity index (χ1v) is 6.17. The molecule has 1 aliphatic heterocycles. The summed E-state index contributed by atoms with van der Waals surface area (Å²) in [5, 5.41) is 7.21. The van der Waals surface area contributed by atoms with Crippen molar-refractivity contribution in [3.8, 4) is 17.2 Å². The van der Waals surface area contributed by atoms with E-state index in [1.807, 2.05) is 24.3 Å². The smallest absolute Gasteiger partial charge is 0.258 e. The SMILES string of the molecule is COc1ccc(-c2nc([C@H]3CNCCO3)no2)cc1. The number of benzene rings is 1. The van der Waals surface area contributed by atoms with Gasteiger partial charge in [0.15, 0.2) is 0 Å². The first kappa shape index (κ1) is 12.1. The van der Waals surface area contributed by atoms with Gasteiger partial charge in [0.25, 0.3) is 5.89 Å². The van der Waals surface area contributed by atoms with Crippen molar-refractivity contribution in [1.29, 1.82) is 0 Å². The highest BCUT2D eigenvalue weighted by Gasteiger charge is 2.21. The van der Waals surface area contributed by atoms with E-state index in [2.05, 4.69) is 15.5 Å². The molecule has 2 heterocycles. The van der Waals surface area contributed by atoms with E-state index < -0.39 is 0 Å². The van der Waals surface area contributed by atoms with Gasteiger partial charge in [-0.1, -0.05) is 5.16 Å². The summed E-state index contributed by atoms with van der Waals surface area (Å²) in [5.41, 5.74) is 0.864. The Morgan fingerprint density at radius 2 is 2.16 bits per heavy atom. The Morgan fingerprint density at radius 3 is 2.84 bits per heavy atom. The molecular weight excluding hydrogens is 246 g/mol. The molecule has 0 radical (unpaired) electrons. The van der Waals surface area contributed by atoms with E-state index in [1.165, 1.54) is 0 Å². The maximum absolute atomic E-state index is 5.58. The Kier molecular flexibility index (Phi) is 3.43. The molecule has 1 atom stereocenters. The fourth-order valence-corrected chi connectivity index (χ4v) is 1.95. The van der Waals surface area contributed by atoms with Crippen molar-refractivity contribution >= 4 is 0 Å². The van der Waals surface area contributed by atoms with E-state index >= 15 is 0 Å². The van der Waals surface area contributed by atoms with Gasteiger partial charge in [-0.25, -0.2) is 0 Å². The van der Waals surface area contributed by atoms with Crippen molar-refractivity contribution in [2.75, 3.05) is 26.8 Å². The molecule has 0 saturated carbocycles. The number of nitrogens with zero attached hydrogens (tertiary/aromatic N) is 2. The molecule has 1 aliphatic rings. The van der Waals surface area contributed by atoms with E-state index in [4.69, 9.17) is 14.0 Å². The van der Waals surface area contributed by atoms with Gasteiger partial charge >= 0.3 is 0 Å². The van der Waals surface area contributed by atoms with Crippen LogP contribution >= 0.6 is 0 Å². The maximum Gasteiger partial charge on any atom is 0.258 e. The normalized spacial score (nSPS) is 19.3. The molecule has 19 heavy (non-hydrogen) atoms. The van der Waals surface area contributed by atoms with Gasteiger partial charge in [0.05, 0.1) is 13.7 Å². The standard InChI is InChI=1S/C13H15N3O3/c1-17-10-4-2-9(3-5-10)13-15-12(16-19-13)11-8-14-6-7-18-11/h2-5,11,14H,6-8H2,1H3/t11-/m1/s1. The first-order chi connectivity index (χ1) is 9.36. The van der Waals surface area contributed by atoms with Crippen molar-refractivity contribution in [3.05, 3.63) is 30.1 Å². The molecule has 6 nitrogen and oxygen atoms in total. The Balaban J connectivity index is 1.79. The molecule has 1 saturated heterocycles. The molecule has 0 unspecified atom stereocenters. The van der Waals surface area contributed by atoms with Gasteiger partial charge in [-0.2, -0.15) is 4.98 Å². The van der Waals surface area contributed by atoms with Crippen LogP contribution in [0.4, 0.5) is 0 Å². The zero-order chi connectivity index (χ0) is 13.1. The number of rotatable bonds is 3. The molecule has 0 aliphatic carbocycles. The molecule has 6 heteroatoms. The van der Waals surface area contributed by atoms with E-state index in [0.717, 1.165) is 17.9 Å². The van der Waals surface area contributed by atoms with Crippen LogP contribution in [0.5, 0.6) is 5.75 Å². The second-order valence-corrected chi connectivity index (χ2v) is 4.25. The minimum atomic E-state index is -0.135. The molecule has 0 bridgehead atoms. The average molecular weight is 261 g/mol. The van der Waals surface area contributed by atoms with Gasteiger partial charge in [0.1, 0.15) is 11.9 Å². The van der Waals surface area contributed by atoms with E-state index in [-0.39, 0.29) is 6.10 Å². The molecule has 3 rings (SSSR count). The summed E-state index contributed by atoms with van der Waals surface area (Å²) in [6, 6.07) is 7.49. The second kappa shape index (κ2) is 5.38. The third-order valence-corrected chi connectivity index (χ3v) is 2.99. The highest BCUT2D eigenvalue weighted by molar-refractivity contribution is 5.54. The summed E-state index contributed by atoms with van der Waals surface area (Å²) in [4.78, 5) is 4.38. The largest absolute Gasteiger partial charge is 0.497 e. The number of hydrogen-bond donors (Lipinski definition) is 1. The minimum absolute atomic E-state index is 0.135. The summed E-state index contributed by atoms with van der Waals surface area (Å²) >= 11 is 0. The topological polar surface area (TPSA) is 69.4 Å². The van der Waals surface area contributed by atoms with Crippen molar-refractivity contribution in [2.45, 2.75) is 6.10 Å². The third-order valence-electron chi connectivity index (χ3n) is 2.99. The lowest BCUT2D eigenvalue weighted by Crippen LogP contribution is -2.33. The molecule has 1 aromatic carbocycles. The summed E-state index contributed by atoms with van der Waals surface area (Å²) < 4.78 is 16.0. The number of methoxy groups -OCH3 is 1. The van der Waals surface area contributed by atoms with Crippen LogP contribution in [0.25, 0.3) is 11.5 Å². The summed E-state index contributed by atoms with van der Waals surface area (Å²) in [5.74, 6) is 1.87. The van der Waals surface area contributed by atoms with Crippen molar-refractivity contribution in [2.24, 2.45) is 0 Å². The molecule has 1 aromatic heterocycles. The number of hydrogen-bond acceptors (Lipinski definition) is 6. The van der Waals surface area contributed by atoms with Gasteiger partial charge in [-0.15, -0.1) is 0 Å². The first-order valence-electron chi connectivity index (χ1n) is 6.17. The molecule has 100 valence electrons. The highest BCUT2D eigenvalue weighted by atomic mass is 16.5. The van der Waals surface area contributed by atoms with E-state index in [1.54, 1.807) is 7.11 Å². The van der Waals surface area contributed by atoms with Gasteiger partial charge in [0, 0.05) is 18.7 Å². The van der Waals surface area contributed by atoms with Crippen LogP contribution in [-0.2, 0) is 4.74 Å². The Labute approximate surface area is 110 Å². The van der Waals surface area contributed by atoms with E-state index in [0.29, 0.717) is 24.9 Å². The number of aromatic nitrogens is 2. The van der Waals surface area contributed by atoms with E-state index in [9.17, 15) is 0 Å². The predicted molar refractivity (Wildman–Crippen MR) is 67.8 cm³/mol. The Hall–Kier alpha value is -1.92. The zero-order valence-electron chi connectivity index (χ0n) is 10.6. The van der Waals surface area contributed by atoms with Gasteiger partial charge in [0.2, 0.25) is 5.82 Å². The summed E-state index contributed by atoms with van der Waals surface area (Å²) in [6.07, 6.45) is -0.135. The van der Waals surface area contributed by atoms with Crippen molar-refractivity contribution < 1.29 is 14.0 Å². The van der Waals surface area contributed by atoms with Crippen LogP contribution < -0.4 is 10.1 Å². The van der Waals surface area contributed by atoms with Crippen LogP contribution in [0.15, 0.2) is 28.8 Å². The lowest BCUT2D eigenvalue weighted by molar-refractivity contribution is 0.0208. The maximum atomic E-state index is 5.58. The van der Waals surface area contributed by atoms with Crippen molar-refractivity contribution in [3.63, 3.8) is 0 Å². The van der Waals surface area contributed by atoms with Crippen LogP contribution in [0.3, 0.4) is 0 Å². The lowest BCUT2D eigenvalue weighted by atomic mass is 10.2. The van der Waals surface area contributed by atoms with Gasteiger partial charge in [-0.3, -0.25) is 0 Å². The van der Waals surface area contributed by atoms with Gasteiger partial charge in [-0.05, 0) is 24.3 Å². The predicted octanol–water partition coefficient (Wildman–Crippen LogP) is 1.41.